The fraction of sp³-hybridized carbons (Fsp3) is 0.429. The summed E-state index contributed by atoms with van der Waals surface area (Å²) in [6.45, 7) is 5.85. The number of esters is 1. The summed E-state index contributed by atoms with van der Waals surface area (Å²) in [5.41, 5.74) is 1.89. The van der Waals surface area contributed by atoms with Crippen molar-refractivity contribution in [1.82, 2.24) is 14.7 Å². The lowest BCUT2D eigenvalue weighted by Crippen LogP contribution is -2.19. The van der Waals surface area contributed by atoms with Gasteiger partial charge in [-0.1, -0.05) is 25.4 Å². The predicted molar refractivity (Wildman–Crippen MR) is 78.1 cm³/mol. The number of hydrogen-bond donors (Lipinski definition) is 1. The second-order valence-electron chi connectivity index (χ2n) is 5.05. The first-order chi connectivity index (χ1) is 9.52. The lowest BCUT2D eigenvalue weighted by Gasteiger charge is -2.10. The smallest absolute Gasteiger partial charge is 0.341 e. The Morgan fingerprint density at radius 3 is 2.95 bits per heavy atom. The van der Waals surface area contributed by atoms with Gasteiger partial charge in [0.15, 0.2) is 5.65 Å². The van der Waals surface area contributed by atoms with Gasteiger partial charge in [0.2, 0.25) is 0 Å². The maximum atomic E-state index is 11.8. The molecule has 0 fully saturated rings. The molecule has 2 aromatic rings. The lowest BCUT2D eigenvalue weighted by atomic mass is 10.1. The minimum absolute atomic E-state index is 0.414. The van der Waals surface area contributed by atoms with E-state index in [1.165, 1.54) is 13.3 Å². The van der Waals surface area contributed by atoms with Crippen molar-refractivity contribution < 1.29 is 9.53 Å². The highest BCUT2D eigenvalue weighted by atomic mass is 35.5. The summed E-state index contributed by atoms with van der Waals surface area (Å²) >= 11 is 6.08. The number of hydrogen-bond acceptors (Lipinski definition) is 4. The molecule has 0 saturated carbocycles. The molecule has 0 aromatic carbocycles. The summed E-state index contributed by atoms with van der Waals surface area (Å²) < 4.78 is 6.49. The van der Waals surface area contributed by atoms with Gasteiger partial charge in [0.25, 0.3) is 0 Å². The number of methoxy groups -OCH3 is 1. The van der Waals surface area contributed by atoms with E-state index in [2.05, 4.69) is 24.1 Å². The zero-order valence-electron chi connectivity index (χ0n) is 11.8. The molecule has 0 aliphatic carbocycles. The molecule has 0 amide bonds. The molecule has 1 N–H and O–H groups in total. The van der Waals surface area contributed by atoms with Crippen molar-refractivity contribution in [2.45, 2.75) is 20.4 Å². The molecule has 108 valence electrons. The second-order valence-corrected chi connectivity index (χ2v) is 5.44. The van der Waals surface area contributed by atoms with E-state index in [0.29, 0.717) is 28.8 Å². The quantitative estimate of drug-likeness (QED) is 0.861. The molecule has 0 bridgehead atoms. The molecule has 6 heteroatoms. The van der Waals surface area contributed by atoms with Crippen LogP contribution in [0.1, 0.15) is 29.8 Å². The number of rotatable bonds is 5. The van der Waals surface area contributed by atoms with Crippen LogP contribution in [0.5, 0.6) is 0 Å². The number of imidazole rings is 1. The number of fused-ring (bicyclic) bond motifs is 1. The molecular weight excluding hydrogens is 278 g/mol. The van der Waals surface area contributed by atoms with E-state index >= 15 is 0 Å². The summed E-state index contributed by atoms with van der Waals surface area (Å²) in [5.74, 6) is 0.151. The van der Waals surface area contributed by atoms with Gasteiger partial charge >= 0.3 is 5.97 Å². The average Bonchev–Trinajstić information content (AvgIpc) is 2.78. The first-order valence-corrected chi connectivity index (χ1v) is 6.85. The van der Waals surface area contributed by atoms with Gasteiger partial charge in [0.05, 0.1) is 13.3 Å². The highest BCUT2D eigenvalue weighted by Crippen LogP contribution is 2.19. The molecule has 2 rings (SSSR count). The van der Waals surface area contributed by atoms with Crippen LogP contribution < -0.4 is 5.32 Å². The lowest BCUT2D eigenvalue weighted by molar-refractivity contribution is 0.0602. The Balaban J connectivity index is 2.35. The fourth-order valence-corrected chi connectivity index (χ4v) is 2.15. The molecule has 0 atom stereocenters. The van der Waals surface area contributed by atoms with Crippen molar-refractivity contribution in [3.63, 3.8) is 0 Å². The number of pyridine rings is 1. The molecule has 0 radical (unpaired) electrons. The van der Waals surface area contributed by atoms with Gasteiger partial charge in [0, 0.05) is 12.7 Å². The Morgan fingerprint density at radius 2 is 2.30 bits per heavy atom. The van der Waals surface area contributed by atoms with Gasteiger partial charge in [-0.05, 0) is 24.1 Å². The van der Waals surface area contributed by atoms with Crippen molar-refractivity contribution in [2.24, 2.45) is 5.92 Å². The van der Waals surface area contributed by atoms with Gasteiger partial charge in [-0.25, -0.2) is 9.78 Å². The Bertz CT molecular complexity index is 622. The second kappa shape index (κ2) is 6.24. The highest BCUT2D eigenvalue weighted by Gasteiger charge is 2.15. The first-order valence-electron chi connectivity index (χ1n) is 6.47. The van der Waals surface area contributed by atoms with Crippen LogP contribution >= 0.6 is 11.6 Å². The summed E-state index contributed by atoms with van der Waals surface area (Å²) in [6.07, 6.45) is 3.40. The molecule has 20 heavy (non-hydrogen) atoms. The predicted octanol–water partition coefficient (Wildman–Crippen LogP) is 2.52. The maximum Gasteiger partial charge on any atom is 0.341 e. The van der Waals surface area contributed by atoms with Crippen LogP contribution in [0, 0.1) is 5.92 Å². The van der Waals surface area contributed by atoms with Crippen LogP contribution in [-0.2, 0) is 11.3 Å². The van der Waals surface area contributed by atoms with Crippen LogP contribution in [0.15, 0.2) is 18.5 Å². The number of nitrogens with zero attached hydrogens (tertiary/aromatic N) is 2. The van der Waals surface area contributed by atoms with Gasteiger partial charge in [-0.3, -0.25) is 4.40 Å². The van der Waals surface area contributed by atoms with Crippen LogP contribution in [0.3, 0.4) is 0 Å². The molecule has 0 saturated heterocycles. The summed E-state index contributed by atoms with van der Waals surface area (Å²) in [5, 5.41) is 3.80. The molecular formula is C14H18ClN3O2. The SMILES string of the molecule is COC(=O)c1cc(CNCC(C)C)cn2c(Cl)cnc12. The van der Waals surface area contributed by atoms with E-state index in [4.69, 9.17) is 16.3 Å². The third-order valence-corrected chi connectivity index (χ3v) is 3.18. The van der Waals surface area contributed by atoms with Crippen molar-refractivity contribution in [3.05, 3.63) is 34.7 Å². The topological polar surface area (TPSA) is 55.6 Å². The normalized spacial score (nSPS) is 11.2. The molecule has 0 aliphatic rings. The first kappa shape index (κ1) is 14.8. The Morgan fingerprint density at radius 1 is 1.55 bits per heavy atom. The third kappa shape index (κ3) is 3.11. The minimum atomic E-state index is -0.414. The largest absolute Gasteiger partial charge is 0.465 e. The van der Waals surface area contributed by atoms with E-state index in [0.717, 1.165) is 12.1 Å². The van der Waals surface area contributed by atoms with Crippen LogP contribution in [0.2, 0.25) is 5.15 Å². The van der Waals surface area contributed by atoms with Crippen molar-refractivity contribution in [1.29, 1.82) is 0 Å². The summed E-state index contributed by atoms with van der Waals surface area (Å²) in [4.78, 5) is 16.0. The monoisotopic (exact) mass is 295 g/mol. The van der Waals surface area contributed by atoms with Crippen molar-refractivity contribution in [2.75, 3.05) is 13.7 Å². The van der Waals surface area contributed by atoms with E-state index in [-0.39, 0.29) is 0 Å². The van der Waals surface area contributed by atoms with Gasteiger partial charge < -0.3 is 10.1 Å². The number of carbonyl (C=O) groups is 1. The highest BCUT2D eigenvalue weighted by molar-refractivity contribution is 6.29. The Labute approximate surface area is 122 Å². The van der Waals surface area contributed by atoms with Gasteiger partial charge in [0.1, 0.15) is 10.7 Å². The number of aromatic nitrogens is 2. The number of ether oxygens (including phenoxy) is 1. The standard InChI is InChI=1S/C14H18ClN3O2/c1-9(2)5-16-6-10-4-11(14(19)20-3)13-17-7-12(15)18(13)8-10/h4,7-9,16H,5-6H2,1-3H3. The summed E-state index contributed by atoms with van der Waals surface area (Å²) in [6, 6.07) is 1.79. The van der Waals surface area contributed by atoms with Crippen molar-refractivity contribution >= 4 is 23.2 Å². The van der Waals surface area contributed by atoms with E-state index in [9.17, 15) is 4.79 Å². The van der Waals surface area contributed by atoms with Gasteiger partial charge in [-0.15, -0.1) is 0 Å². The zero-order valence-corrected chi connectivity index (χ0v) is 12.6. The minimum Gasteiger partial charge on any atom is -0.465 e. The van der Waals surface area contributed by atoms with Crippen LogP contribution in [0.4, 0.5) is 0 Å². The van der Waals surface area contributed by atoms with E-state index in [1.54, 1.807) is 10.5 Å². The van der Waals surface area contributed by atoms with Crippen LogP contribution in [0.25, 0.3) is 5.65 Å². The Hall–Kier alpha value is -1.59. The number of carbonyl (C=O) groups excluding carboxylic acids is 1. The van der Waals surface area contributed by atoms with E-state index in [1.807, 2.05) is 6.20 Å². The summed E-state index contributed by atoms with van der Waals surface area (Å²) in [7, 11) is 1.35. The van der Waals surface area contributed by atoms with Gasteiger partial charge in [-0.2, -0.15) is 0 Å². The molecule has 5 nitrogen and oxygen atoms in total. The average molecular weight is 296 g/mol. The maximum absolute atomic E-state index is 11.8. The van der Waals surface area contributed by atoms with Crippen LogP contribution in [-0.4, -0.2) is 29.0 Å². The van der Waals surface area contributed by atoms with E-state index < -0.39 is 5.97 Å². The fourth-order valence-electron chi connectivity index (χ4n) is 1.98. The molecule has 0 aliphatic heterocycles. The molecule has 0 spiro atoms. The zero-order chi connectivity index (χ0) is 14.7. The molecule has 0 unspecified atom stereocenters. The third-order valence-electron chi connectivity index (χ3n) is 2.90. The number of halogens is 1. The molecule has 2 aromatic heterocycles. The Kier molecular flexibility index (Phi) is 4.62. The number of nitrogens with one attached hydrogen (secondary N) is 1. The van der Waals surface area contributed by atoms with Crippen molar-refractivity contribution in [3.8, 4) is 0 Å². The molecule has 2 heterocycles.